The lowest BCUT2D eigenvalue weighted by Gasteiger charge is -2.34. The highest BCUT2D eigenvalue weighted by atomic mass is 79.9. The van der Waals surface area contributed by atoms with E-state index in [-0.39, 0.29) is 37.3 Å². The Balaban J connectivity index is 0.000000124. The molecule has 0 aliphatic heterocycles. The number of Topliss-reactive ketones (excluding diaryl/α,β-unsaturated/α-hetero) is 3. The normalized spacial score (nSPS) is 49.7. The van der Waals surface area contributed by atoms with E-state index in [0.717, 1.165) is 37.4 Å². The molecule has 0 aromatic carbocycles. The van der Waals surface area contributed by atoms with Crippen LogP contribution in [0.3, 0.4) is 0 Å². The highest BCUT2D eigenvalue weighted by Crippen LogP contribution is 2.66. The molecule has 6 aliphatic rings. The molecular weight excluding hydrogens is 568 g/mol. The Morgan fingerprint density at radius 1 is 0.686 bits per heavy atom. The number of hydrogen-bond acceptors (Lipinski definition) is 3. The van der Waals surface area contributed by atoms with E-state index in [0.29, 0.717) is 35.1 Å². The molecule has 8 atom stereocenters. The van der Waals surface area contributed by atoms with Gasteiger partial charge in [0.1, 0.15) is 11.6 Å². The van der Waals surface area contributed by atoms with Crippen molar-refractivity contribution in [2.75, 3.05) is 5.33 Å². The van der Waals surface area contributed by atoms with Crippen LogP contribution in [0.15, 0.2) is 0 Å². The first-order chi connectivity index (χ1) is 15.9. The van der Waals surface area contributed by atoms with Gasteiger partial charge in [0.25, 0.3) is 0 Å². The van der Waals surface area contributed by atoms with Crippen LogP contribution in [0.1, 0.15) is 107 Å². The Bertz CT molecular complexity index is 938. The minimum atomic E-state index is -0.0498. The highest BCUT2D eigenvalue weighted by molar-refractivity contribution is 9.10. The summed E-state index contributed by atoms with van der Waals surface area (Å²) in [5, 5.41) is 0.979. The first-order valence-corrected chi connectivity index (χ1v) is 15.8. The molecule has 6 saturated carbocycles. The summed E-state index contributed by atoms with van der Waals surface area (Å²) in [6, 6.07) is 0. The number of ketones is 3. The van der Waals surface area contributed by atoms with Gasteiger partial charge in [0.15, 0.2) is 5.78 Å². The van der Waals surface area contributed by atoms with Crippen LogP contribution in [0, 0.1) is 50.2 Å². The number of carbonyl (C=O) groups is 3. The second-order valence-corrected chi connectivity index (χ2v) is 16.2. The second-order valence-electron chi connectivity index (χ2n) is 14.6. The van der Waals surface area contributed by atoms with E-state index < -0.39 is 0 Å². The number of hydrogen-bond donors (Lipinski definition) is 0. The molecule has 198 valence electrons. The van der Waals surface area contributed by atoms with Gasteiger partial charge in [-0.05, 0) is 72.5 Å². The fourth-order valence-electron chi connectivity index (χ4n) is 8.89. The first-order valence-electron chi connectivity index (χ1n) is 13.7. The van der Waals surface area contributed by atoms with Gasteiger partial charge in [-0.2, -0.15) is 0 Å². The molecule has 5 heteroatoms. The second kappa shape index (κ2) is 8.48. The molecule has 0 radical (unpaired) electrons. The Hall–Kier alpha value is -0.0300. The maximum Gasteiger partial charge on any atom is 0.153 e. The van der Waals surface area contributed by atoms with Crippen LogP contribution in [-0.2, 0) is 14.4 Å². The topological polar surface area (TPSA) is 51.2 Å². The summed E-state index contributed by atoms with van der Waals surface area (Å²) in [6.07, 6.45) is 8.75. The molecule has 0 aromatic rings. The lowest BCUT2D eigenvalue weighted by atomic mass is 9.70. The smallest absolute Gasteiger partial charge is 0.153 e. The number of alkyl halides is 2. The summed E-state index contributed by atoms with van der Waals surface area (Å²) in [4.78, 5) is 35.3. The summed E-state index contributed by atoms with van der Waals surface area (Å²) < 4.78 is 0. The molecule has 6 aliphatic carbocycles. The van der Waals surface area contributed by atoms with Gasteiger partial charge in [0.2, 0.25) is 0 Å². The minimum Gasteiger partial charge on any atom is -0.299 e. The molecule has 0 aromatic heterocycles. The van der Waals surface area contributed by atoms with Gasteiger partial charge in [0, 0.05) is 34.4 Å². The van der Waals surface area contributed by atoms with Gasteiger partial charge < -0.3 is 0 Å². The van der Waals surface area contributed by atoms with Crippen molar-refractivity contribution < 1.29 is 14.4 Å². The van der Waals surface area contributed by atoms with E-state index in [1.807, 2.05) is 0 Å². The first kappa shape index (κ1) is 28.0. The fourth-order valence-corrected chi connectivity index (χ4v) is 11.4. The van der Waals surface area contributed by atoms with Crippen LogP contribution >= 0.6 is 31.9 Å². The lowest BCUT2D eigenvalue weighted by Crippen LogP contribution is -2.36. The molecule has 0 N–H and O–H groups in total. The van der Waals surface area contributed by atoms with Gasteiger partial charge in [-0.15, -0.1) is 0 Å². The lowest BCUT2D eigenvalue weighted by molar-refractivity contribution is -0.128. The molecule has 6 fully saturated rings. The average Bonchev–Trinajstić information content (AvgIpc) is 3.42. The van der Waals surface area contributed by atoms with Crippen molar-refractivity contribution in [1.29, 1.82) is 0 Å². The highest BCUT2D eigenvalue weighted by Gasteiger charge is 2.66. The number of fused-ring (bicyclic) bond motifs is 6. The molecule has 0 saturated heterocycles. The summed E-state index contributed by atoms with van der Waals surface area (Å²) in [7, 11) is 0. The summed E-state index contributed by atoms with van der Waals surface area (Å²) in [5.41, 5.74) is 0.692. The summed E-state index contributed by atoms with van der Waals surface area (Å²) >= 11 is 7.09. The average molecular weight is 615 g/mol. The Morgan fingerprint density at radius 3 is 1.40 bits per heavy atom. The third kappa shape index (κ3) is 3.47. The monoisotopic (exact) mass is 612 g/mol. The maximum absolute atomic E-state index is 11.9. The van der Waals surface area contributed by atoms with Crippen molar-refractivity contribution in [3.8, 4) is 0 Å². The Morgan fingerprint density at radius 2 is 1.17 bits per heavy atom. The van der Waals surface area contributed by atoms with Crippen LogP contribution < -0.4 is 0 Å². The van der Waals surface area contributed by atoms with E-state index in [2.05, 4.69) is 87.2 Å². The predicted molar refractivity (Wildman–Crippen MR) is 149 cm³/mol. The zero-order valence-corrected chi connectivity index (χ0v) is 26.3. The standard InChI is InChI=1S/2C10H15BrO.C10H16O/c1-9(2)6-4-5-10(9,3)8(12)7(6)11;1-9-4-3-7(5-8(9)12)10(9,2)6-11;1-9(2)7-4-5-10(9,3)8(11)6-7/h6-7H,4-5H2,1-3H3;7H,3-6H2,1-2H3;7H,4-6H2,1-3H3. The Labute approximate surface area is 230 Å². The number of halogens is 2. The van der Waals surface area contributed by atoms with Crippen molar-refractivity contribution >= 4 is 49.2 Å². The van der Waals surface area contributed by atoms with E-state index in [1.165, 1.54) is 19.3 Å². The van der Waals surface area contributed by atoms with Gasteiger partial charge in [-0.25, -0.2) is 0 Å². The zero-order chi connectivity index (χ0) is 26.4. The van der Waals surface area contributed by atoms with Crippen LogP contribution in [0.25, 0.3) is 0 Å². The SMILES string of the molecule is CC12CCC(C(Br)C1=O)C2(C)C.CC12CCC(CC1=O)C2(C)C.CC12CCC(CC1=O)C2(C)CBr. The van der Waals surface area contributed by atoms with Gasteiger partial charge in [0.05, 0.1) is 4.83 Å². The van der Waals surface area contributed by atoms with E-state index >= 15 is 0 Å². The maximum atomic E-state index is 11.9. The molecule has 0 heterocycles. The van der Waals surface area contributed by atoms with Crippen LogP contribution in [0.2, 0.25) is 0 Å². The molecule has 0 amide bonds. The van der Waals surface area contributed by atoms with Crippen molar-refractivity contribution in [2.45, 2.75) is 112 Å². The predicted octanol–water partition coefficient (Wildman–Crippen LogP) is 7.95. The largest absolute Gasteiger partial charge is 0.299 e. The zero-order valence-electron chi connectivity index (χ0n) is 23.2. The van der Waals surface area contributed by atoms with Crippen molar-refractivity contribution in [3.63, 3.8) is 0 Å². The molecule has 8 unspecified atom stereocenters. The van der Waals surface area contributed by atoms with Crippen LogP contribution in [0.4, 0.5) is 0 Å². The van der Waals surface area contributed by atoms with E-state index in [9.17, 15) is 14.4 Å². The number of rotatable bonds is 1. The molecule has 6 rings (SSSR count). The third-order valence-corrected chi connectivity index (χ3v) is 15.6. The quantitative estimate of drug-likeness (QED) is 0.282. The van der Waals surface area contributed by atoms with Crippen LogP contribution in [0.5, 0.6) is 0 Å². The van der Waals surface area contributed by atoms with Gasteiger partial charge in [-0.1, -0.05) is 87.2 Å². The summed E-state index contributed by atoms with van der Waals surface area (Å²) in [6.45, 7) is 17.7. The van der Waals surface area contributed by atoms with Crippen molar-refractivity contribution in [3.05, 3.63) is 0 Å². The molecule has 6 bridgehead atoms. The fraction of sp³-hybridized carbons (Fsp3) is 0.900. The van der Waals surface area contributed by atoms with Crippen molar-refractivity contribution in [2.24, 2.45) is 50.2 Å². The summed E-state index contributed by atoms with van der Waals surface area (Å²) in [5.74, 6) is 3.34. The third-order valence-electron chi connectivity index (χ3n) is 13.4. The molecule has 3 nitrogen and oxygen atoms in total. The molecule has 0 spiro atoms. The van der Waals surface area contributed by atoms with Crippen LogP contribution in [-0.4, -0.2) is 27.5 Å². The van der Waals surface area contributed by atoms with Gasteiger partial charge >= 0.3 is 0 Å². The van der Waals surface area contributed by atoms with E-state index in [1.54, 1.807) is 0 Å². The molecule has 35 heavy (non-hydrogen) atoms. The van der Waals surface area contributed by atoms with Gasteiger partial charge in [-0.3, -0.25) is 14.4 Å². The van der Waals surface area contributed by atoms with E-state index in [4.69, 9.17) is 0 Å². The minimum absolute atomic E-state index is 0.0127. The number of carbonyl (C=O) groups excluding carboxylic acids is 3. The Kier molecular flexibility index (Phi) is 6.79. The molecular formula is C30H46Br2O3. The van der Waals surface area contributed by atoms with Crippen molar-refractivity contribution in [1.82, 2.24) is 0 Å².